The van der Waals surface area contributed by atoms with Crippen LogP contribution in [0.2, 0.25) is 0 Å². The molecular formula is C53H39Br4N5O2. The molecule has 0 saturated heterocycles. The van der Waals surface area contributed by atoms with Crippen LogP contribution in [0.5, 0.6) is 0 Å². The zero-order valence-electron chi connectivity index (χ0n) is 34.5. The summed E-state index contributed by atoms with van der Waals surface area (Å²) in [5.41, 5.74) is 18.0. The van der Waals surface area contributed by atoms with Gasteiger partial charge in [0, 0.05) is 82.7 Å². The van der Waals surface area contributed by atoms with E-state index in [2.05, 4.69) is 220 Å². The number of fused-ring (bicyclic) bond motifs is 11. The van der Waals surface area contributed by atoms with Crippen LogP contribution >= 0.6 is 63.7 Å². The minimum absolute atomic E-state index is 0.0323. The van der Waals surface area contributed by atoms with Crippen molar-refractivity contribution in [3.63, 3.8) is 0 Å². The van der Waals surface area contributed by atoms with Gasteiger partial charge in [-0.2, -0.15) is 0 Å². The van der Waals surface area contributed by atoms with E-state index in [-0.39, 0.29) is 13.2 Å². The number of aliphatic hydroxyl groups excluding tert-OH is 2. The first kappa shape index (κ1) is 42.7. The van der Waals surface area contributed by atoms with Crippen molar-refractivity contribution < 1.29 is 10.2 Å². The Balaban J connectivity index is 1.46. The van der Waals surface area contributed by atoms with E-state index in [1.165, 1.54) is 0 Å². The molecule has 2 aliphatic rings. The number of aryl methyl sites for hydroxylation is 2. The van der Waals surface area contributed by atoms with E-state index in [0.717, 1.165) is 130 Å². The fourth-order valence-electron chi connectivity index (χ4n) is 8.84. The molecular weight excluding hydrogens is 1060 g/mol. The van der Waals surface area contributed by atoms with Gasteiger partial charge in [-0.3, -0.25) is 4.98 Å². The summed E-state index contributed by atoms with van der Waals surface area (Å²) in [6.45, 7) is -0.00457. The Morgan fingerprint density at radius 2 is 0.969 bits per heavy atom. The molecule has 10 rings (SSSR count). The highest BCUT2D eigenvalue weighted by Crippen LogP contribution is 2.47. The molecule has 8 aromatic rings. The first-order valence-electron chi connectivity index (χ1n) is 20.9. The van der Waals surface area contributed by atoms with Gasteiger partial charge < -0.3 is 19.8 Å². The fraction of sp³-hybridized carbons (Fsp3) is 0.113. The third kappa shape index (κ3) is 7.97. The van der Waals surface area contributed by atoms with Crippen LogP contribution in [0, 0.1) is 0 Å². The van der Waals surface area contributed by atoms with Crippen LogP contribution in [0.4, 0.5) is 0 Å². The first-order valence-corrected chi connectivity index (χ1v) is 24.1. The van der Waals surface area contributed by atoms with Gasteiger partial charge in [-0.15, -0.1) is 0 Å². The van der Waals surface area contributed by atoms with Crippen LogP contribution in [0.15, 0.2) is 145 Å². The minimum Gasteiger partial charge on any atom is -0.396 e. The number of benzene rings is 4. The van der Waals surface area contributed by atoms with Gasteiger partial charge in [0.05, 0.1) is 39.5 Å². The van der Waals surface area contributed by atoms with E-state index in [4.69, 9.17) is 15.0 Å². The Hall–Kier alpha value is -5.27. The third-order valence-corrected chi connectivity index (χ3v) is 14.0. The summed E-state index contributed by atoms with van der Waals surface area (Å²) in [6, 6.07) is 44.3. The Morgan fingerprint density at radius 1 is 0.484 bits per heavy atom. The molecule has 0 atom stereocenters. The average Bonchev–Trinajstić information content (AvgIpc) is 4.12. The predicted molar refractivity (Wildman–Crippen MR) is 276 cm³/mol. The van der Waals surface area contributed by atoms with Gasteiger partial charge in [0.25, 0.3) is 0 Å². The SMILES string of the molecule is Cn1c2ccc1c(-c1ccc(Br)cc1)c1nc(c(-c3ccc(Br)cc3)c3ccc([nH]3)c(-c3ccc(Br)cc3)c3nc(c2-c2ccc(Br)cc2)C=C3)-c2nc(CCCO)c(CCO)cc2-1. The number of aromatic amines is 1. The molecule has 0 fully saturated rings. The number of halogens is 4. The molecule has 0 spiro atoms. The summed E-state index contributed by atoms with van der Waals surface area (Å²) in [4.78, 5) is 20.6. The standard InChI is InChI=1S/C53H39Br4N5O2/c1-62-45-24-25-46(62)50(33-10-18-38(57)19-11-33)51-39-29-34(26-28-64)40(3-2-27-63)60-52(39)53(61-51)49(32-8-16-37(56)17-9-32)44-23-21-42(59-44)47(30-4-12-35(54)13-5-30)41-20-22-43(58-41)48(45)31-6-14-36(55)15-7-31/h4-25,29,59,63-64H,2-3,26-28H2,1H3. The lowest BCUT2D eigenvalue weighted by molar-refractivity contribution is 0.287. The number of hydrogen-bond donors (Lipinski definition) is 3. The largest absolute Gasteiger partial charge is 0.396 e. The smallest absolute Gasteiger partial charge is 0.1000 e. The second-order valence-corrected chi connectivity index (χ2v) is 19.5. The number of pyridine rings is 1. The maximum Gasteiger partial charge on any atom is 0.1000 e. The van der Waals surface area contributed by atoms with E-state index in [1.807, 2.05) is 0 Å². The second-order valence-electron chi connectivity index (χ2n) is 15.8. The summed E-state index contributed by atoms with van der Waals surface area (Å²) >= 11 is 14.7. The van der Waals surface area contributed by atoms with Gasteiger partial charge in [-0.25, -0.2) is 9.97 Å². The summed E-state index contributed by atoms with van der Waals surface area (Å²) in [7, 11) is 2.11. The van der Waals surface area contributed by atoms with Crippen molar-refractivity contribution in [1.29, 1.82) is 0 Å². The number of aromatic nitrogens is 5. The van der Waals surface area contributed by atoms with Crippen LogP contribution in [-0.2, 0) is 19.9 Å². The lowest BCUT2D eigenvalue weighted by Crippen LogP contribution is -2.04. The normalized spacial score (nSPS) is 11.9. The molecule has 64 heavy (non-hydrogen) atoms. The van der Waals surface area contributed by atoms with E-state index in [0.29, 0.717) is 19.3 Å². The monoisotopic (exact) mass is 1090 g/mol. The molecule has 0 unspecified atom stereocenters. The molecule has 6 heterocycles. The fourth-order valence-corrected chi connectivity index (χ4v) is 9.90. The molecule has 7 nitrogen and oxygen atoms in total. The van der Waals surface area contributed by atoms with Gasteiger partial charge in [0.1, 0.15) is 0 Å². The number of nitrogens with zero attached hydrogens (tertiary/aromatic N) is 4. The zero-order valence-corrected chi connectivity index (χ0v) is 40.9. The number of aliphatic hydroxyl groups is 2. The summed E-state index contributed by atoms with van der Waals surface area (Å²) in [5, 5.41) is 20.4. The zero-order chi connectivity index (χ0) is 44.1. The van der Waals surface area contributed by atoms with Crippen LogP contribution in [-0.4, -0.2) is 47.9 Å². The molecule has 3 N–H and O–H groups in total. The second kappa shape index (κ2) is 18.0. The Labute approximate surface area is 404 Å². The van der Waals surface area contributed by atoms with Crippen molar-refractivity contribution in [2.24, 2.45) is 7.05 Å². The predicted octanol–water partition coefficient (Wildman–Crippen LogP) is 14.4. The molecule has 0 radical (unpaired) electrons. The lowest BCUT2D eigenvalue weighted by atomic mass is 9.95. The molecule has 2 aliphatic heterocycles. The maximum absolute atomic E-state index is 10.4. The molecule has 4 aromatic heterocycles. The van der Waals surface area contributed by atoms with Gasteiger partial charge in [-0.05, 0) is 138 Å². The van der Waals surface area contributed by atoms with Gasteiger partial charge in [0.2, 0.25) is 0 Å². The molecule has 316 valence electrons. The molecule has 11 heteroatoms. The average molecular weight is 1100 g/mol. The van der Waals surface area contributed by atoms with Crippen molar-refractivity contribution in [1.82, 2.24) is 24.5 Å². The van der Waals surface area contributed by atoms with Gasteiger partial charge in [0.15, 0.2) is 0 Å². The highest BCUT2D eigenvalue weighted by atomic mass is 79.9. The minimum atomic E-state index is -0.0369. The van der Waals surface area contributed by atoms with E-state index in [1.54, 1.807) is 0 Å². The maximum atomic E-state index is 10.4. The molecule has 8 bridgehead atoms. The lowest BCUT2D eigenvalue weighted by Gasteiger charge is -2.14. The first-order chi connectivity index (χ1) is 31.2. The number of nitrogens with one attached hydrogen (secondary N) is 1. The highest BCUT2D eigenvalue weighted by Gasteiger charge is 2.29. The Morgan fingerprint density at radius 3 is 1.52 bits per heavy atom. The molecule has 4 aromatic carbocycles. The van der Waals surface area contributed by atoms with E-state index < -0.39 is 0 Å². The molecule has 0 aliphatic carbocycles. The topological polar surface area (TPSA) is 99.9 Å². The van der Waals surface area contributed by atoms with Crippen molar-refractivity contribution >= 4 is 97.9 Å². The van der Waals surface area contributed by atoms with Crippen molar-refractivity contribution in [3.8, 4) is 67.2 Å². The summed E-state index contributed by atoms with van der Waals surface area (Å²) in [6.07, 6.45) is 5.76. The van der Waals surface area contributed by atoms with Crippen molar-refractivity contribution in [2.75, 3.05) is 13.2 Å². The number of H-pyrrole nitrogens is 1. The van der Waals surface area contributed by atoms with Crippen molar-refractivity contribution in [2.45, 2.75) is 19.3 Å². The van der Waals surface area contributed by atoms with Crippen LogP contribution in [0.3, 0.4) is 0 Å². The van der Waals surface area contributed by atoms with Crippen LogP contribution in [0.1, 0.15) is 29.1 Å². The number of rotatable bonds is 9. The van der Waals surface area contributed by atoms with E-state index >= 15 is 0 Å². The Kier molecular flexibility index (Phi) is 12.0. The highest BCUT2D eigenvalue weighted by molar-refractivity contribution is 9.11. The molecule has 0 saturated carbocycles. The van der Waals surface area contributed by atoms with E-state index in [9.17, 15) is 10.2 Å². The van der Waals surface area contributed by atoms with Crippen LogP contribution < -0.4 is 0 Å². The number of hydrogen-bond acceptors (Lipinski definition) is 5. The van der Waals surface area contributed by atoms with Gasteiger partial charge in [-0.1, -0.05) is 112 Å². The summed E-state index contributed by atoms with van der Waals surface area (Å²) < 4.78 is 6.16. The van der Waals surface area contributed by atoms with Crippen molar-refractivity contribution in [3.05, 3.63) is 168 Å². The third-order valence-electron chi connectivity index (χ3n) is 11.9. The Bertz CT molecular complexity index is 3300. The van der Waals surface area contributed by atoms with Crippen LogP contribution in [0.25, 0.3) is 101 Å². The van der Waals surface area contributed by atoms with Gasteiger partial charge >= 0.3 is 0 Å². The molecule has 0 amide bonds. The summed E-state index contributed by atoms with van der Waals surface area (Å²) in [5.74, 6) is 0. The quantitative estimate of drug-likeness (QED) is 0.134.